The van der Waals surface area contributed by atoms with Gasteiger partial charge < -0.3 is 13.9 Å². The summed E-state index contributed by atoms with van der Waals surface area (Å²) in [5.74, 6) is 1.72. The van der Waals surface area contributed by atoms with Gasteiger partial charge in [-0.2, -0.15) is 0 Å². The van der Waals surface area contributed by atoms with Gasteiger partial charge in [-0.3, -0.25) is 4.79 Å². The summed E-state index contributed by atoms with van der Waals surface area (Å²) in [6.07, 6.45) is 0.640. The van der Waals surface area contributed by atoms with Gasteiger partial charge in [0, 0.05) is 0 Å². The first kappa shape index (κ1) is 12.5. The number of methoxy groups -OCH3 is 2. The van der Waals surface area contributed by atoms with Crippen molar-refractivity contribution in [1.82, 2.24) is 0 Å². The van der Waals surface area contributed by atoms with Gasteiger partial charge in [0.25, 0.3) is 0 Å². The Balaban J connectivity index is 2.56. The SMILES string of the molecule is COc1ccc(-c2ccc(C=O)o2)c(OC)c1Cl. The van der Waals surface area contributed by atoms with Crippen molar-refractivity contribution >= 4 is 17.9 Å². The average molecular weight is 267 g/mol. The monoisotopic (exact) mass is 266 g/mol. The van der Waals surface area contributed by atoms with Crippen molar-refractivity contribution < 1.29 is 18.7 Å². The van der Waals surface area contributed by atoms with Crippen LogP contribution in [0.15, 0.2) is 28.7 Å². The third-order valence-electron chi connectivity index (χ3n) is 2.49. The lowest BCUT2D eigenvalue weighted by Gasteiger charge is -2.11. The van der Waals surface area contributed by atoms with Crippen LogP contribution in [0.4, 0.5) is 0 Å². The van der Waals surface area contributed by atoms with Crippen molar-refractivity contribution in [2.75, 3.05) is 14.2 Å². The maximum Gasteiger partial charge on any atom is 0.185 e. The van der Waals surface area contributed by atoms with Crippen LogP contribution in [0.3, 0.4) is 0 Å². The van der Waals surface area contributed by atoms with Gasteiger partial charge >= 0.3 is 0 Å². The Morgan fingerprint density at radius 1 is 1.17 bits per heavy atom. The highest BCUT2D eigenvalue weighted by Crippen LogP contribution is 2.42. The summed E-state index contributed by atoms with van der Waals surface area (Å²) in [6.45, 7) is 0. The molecule has 0 spiro atoms. The van der Waals surface area contributed by atoms with Crippen molar-refractivity contribution in [3.05, 3.63) is 35.0 Å². The van der Waals surface area contributed by atoms with E-state index < -0.39 is 0 Å². The molecule has 0 unspecified atom stereocenters. The van der Waals surface area contributed by atoms with Gasteiger partial charge in [-0.1, -0.05) is 11.6 Å². The van der Waals surface area contributed by atoms with Crippen molar-refractivity contribution in [2.24, 2.45) is 0 Å². The summed E-state index contributed by atoms with van der Waals surface area (Å²) in [7, 11) is 3.03. The summed E-state index contributed by atoms with van der Waals surface area (Å²) < 4.78 is 15.7. The molecule has 0 aliphatic rings. The number of rotatable bonds is 4. The number of hydrogen-bond acceptors (Lipinski definition) is 4. The molecule has 2 aromatic rings. The largest absolute Gasteiger partial charge is 0.495 e. The maximum atomic E-state index is 10.6. The first-order chi connectivity index (χ1) is 8.71. The molecule has 1 aromatic heterocycles. The Hall–Kier alpha value is -1.94. The maximum absolute atomic E-state index is 10.6. The number of aldehydes is 1. The van der Waals surface area contributed by atoms with Gasteiger partial charge in [0.15, 0.2) is 17.8 Å². The summed E-state index contributed by atoms with van der Waals surface area (Å²) in [5.41, 5.74) is 0.663. The molecule has 0 fully saturated rings. The molecule has 0 radical (unpaired) electrons. The quantitative estimate of drug-likeness (QED) is 0.796. The lowest BCUT2D eigenvalue weighted by Crippen LogP contribution is -1.92. The molecule has 0 aliphatic heterocycles. The van der Waals surface area contributed by atoms with Gasteiger partial charge in [-0.25, -0.2) is 0 Å². The Bertz CT molecular complexity index is 574. The first-order valence-electron chi connectivity index (χ1n) is 5.17. The van der Waals surface area contributed by atoms with E-state index in [2.05, 4.69) is 0 Å². The minimum atomic E-state index is 0.249. The fourth-order valence-corrected chi connectivity index (χ4v) is 1.97. The minimum Gasteiger partial charge on any atom is -0.495 e. The number of furan rings is 1. The van der Waals surface area contributed by atoms with Gasteiger partial charge in [0.2, 0.25) is 0 Å². The van der Waals surface area contributed by atoms with E-state index in [1.165, 1.54) is 14.2 Å². The number of benzene rings is 1. The lowest BCUT2D eigenvalue weighted by molar-refractivity contribution is 0.110. The van der Waals surface area contributed by atoms with Crippen LogP contribution in [0.1, 0.15) is 10.6 Å². The van der Waals surface area contributed by atoms with E-state index >= 15 is 0 Å². The number of halogens is 1. The highest BCUT2D eigenvalue weighted by molar-refractivity contribution is 6.34. The van der Waals surface area contributed by atoms with E-state index in [4.69, 9.17) is 25.5 Å². The molecular formula is C13H11ClO4. The molecule has 0 atom stereocenters. The second-order valence-electron chi connectivity index (χ2n) is 3.48. The molecule has 1 aromatic carbocycles. The molecule has 0 saturated carbocycles. The Morgan fingerprint density at radius 3 is 2.50 bits per heavy atom. The van der Waals surface area contributed by atoms with Crippen molar-refractivity contribution in [3.8, 4) is 22.8 Å². The fraction of sp³-hybridized carbons (Fsp3) is 0.154. The van der Waals surface area contributed by atoms with Crippen LogP contribution in [0, 0.1) is 0 Å². The Kier molecular flexibility index (Phi) is 3.58. The summed E-state index contributed by atoms with van der Waals surface area (Å²) in [5, 5.41) is 0.363. The molecule has 1 heterocycles. The Morgan fingerprint density at radius 2 is 1.94 bits per heavy atom. The van der Waals surface area contributed by atoms with Crippen molar-refractivity contribution in [2.45, 2.75) is 0 Å². The zero-order chi connectivity index (χ0) is 13.1. The number of ether oxygens (including phenoxy) is 2. The number of carbonyl (C=O) groups excluding carboxylic acids is 1. The lowest BCUT2D eigenvalue weighted by atomic mass is 10.1. The van der Waals surface area contributed by atoms with Gasteiger partial charge in [0.1, 0.15) is 16.5 Å². The van der Waals surface area contributed by atoms with Gasteiger partial charge in [-0.15, -0.1) is 0 Å². The van der Waals surface area contributed by atoms with E-state index in [1.54, 1.807) is 24.3 Å². The molecule has 0 amide bonds. The summed E-state index contributed by atoms with van der Waals surface area (Å²) in [4.78, 5) is 10.6. The molecule has 94 valence electrons. The standard InChI is InChI=1S/C13H11ClO4/c1-16-11-6-4-9(13(17-2)12(11)14)10-5-3-8(7-15)18-10/h3-7H,1-2H3. The Labute approximate surface area is 109 Å². The van der Waals surface area contributed by atoms with Crippen LogP contribution >= 0.6 is 11.6 Å². The third kappa shape index (κ3) is 2.07. The molecule has 0 N–H and O–H groups in total. The number of hydrogen-bond donors (Lipinski definition) is 0. The van der Waals surface area contributed by atoms with Gasteiger partial charge in [-0.05, 0) is 24.3 Å². The second-order valence-corrected chi connectivity index (χ2v) is 3.86. The second kappa shape index (κ2) is 5.14. The molecule has 4 nitrogen and oxygen atoms in total. The molecule has 2 rings (SSSR count). The molecule has 0 aliphatic carbocycles. The van der Waals surface area contributed by atoms with Crippen LogP contribution in [-0.4, -0.2) is 20.5 Å². The predicted molar refractivity (Wildman–Crippen MR) is 67.6 cm³/mol. The summed E-state index contributed by atoms with van der Waals surface area (Å²) >= 11 is 6.14. The molecule has 0 saturated heterocycles. The smallest absolute Gasteiger partial charge is 0.185 e. The molecule has 5 heteroatoms. The van der Waals surface area contributed by atoms with E-state index in [1.807, 2.05) is 0 Å². The van der Waals surface area contributed by atoms with Crippen LogP contribution in [0.25, 0.3) is 11.3 Å². The average Bonchev–Trinajstić information content (AvgIpc) is 2.87. The molecule has 0 bridgehead atoms. The highest BCUT2D eigenvalue weighted by atomic mass is 35.5. The number of carbonyl (C=O) groups is 1. The minimum absolute atomic E-state index is 0.249. The van der Waals surface area contributed by atoms with Crippen LogP contribution in [-0.2, 0) is 0 Å². The fourth-order valence-electron chi connectivity index (χ4n) is 1.65. The van der Waals surface area contributed by atoms with Gasteiger partial charge in [0.05, 0.1) is 19.8 Å². The normalized spacial score (nSPS) is 10.2. The van der Waals surface area contributed by atoms with E-state index in [0.29, 0.717) is 34.1 Å². The third-order valence-corrected chi connectivity index (χ3v) is 2.85. The topological polar surface area (TPSA) is 48.7 Å². The molecular weight excluding hydrogens is 256 g/mol. The van der Waals surface area contributed by atoms with Crippen LogP contribution in [0.5, 0.6) is 11.5 Å². The zero-order valence-electron chi connectivity index (χ0n) is 9.90. The van der Waals surface area contributed by atoms with Crippen LogP contribution in [0.2, 0.25) is 5.02 Å². The molecule has 18 heavy (non-hydrogen) atoms. The van der Waals surface area contributed by atoms with Crippen molar-refractivity contribution in [1.29, 1.82) is 0 Å². The predicted octanol–water partition coefficient (Wildman–Crippen LogP) is 3.43. The highest BCUT2D eigenvalue weighted by Gasteiger charge is 2.16. The zero-order valence-corrected chi connectivity index (χ0v) is 10.7. The van der Waals surface area contributed by atoms with E-state index in [9.17, 15) is 4.79 Å². The first-order valence-corrected chi connectivity index (χ1v) is 5.55. The van der Waals surface area contributed by atoms with E-state index in [0.717, 1.165) is 0 Å². The van der Waals surface area contributed by atoms with Crippen molar-refractivity contribution in [3.63, 3.8) is 0 Å². The van der Waals surface area contributed by atoms with Crippen LogP contribution < -0.4 is 9.47 Å². The summed E-state index contributed by atoms with van der Waals surface area (Å²) in [6, 6.07) is 6.74. The van der Waals surface area contributed by atoms with E-state index in [-0.39, 0.29) is 5.76 Å².